The number of rotatable bonds is 0. The van der Waals surface area contributed by atoms with Crippen LogP contribution in [0.4, 0.5) is 25.2 Å². The fourth-order valence-corrected chi connectivity index (χ4v) is 2.27. The quantitative estimate of drug-likeness (QED) is 0.165. The van der Waals surface area contributed by atoms with Crippen LogP contribution in [0.1, 0.15) is 37.7 Å². The summed E-state index contributed by atoms with van der Waals surface area (Å²) in [5.41, 5.74) is 1.35. The van der Waals surface area contributed by atoms with Gasteiger partial charge in [-0.2, -0.15) is 0 Å². The number of benzene rings is 2. The van der Waals surface area contributed by atoms with E-state index in [1.807, 2.05) is 0 Å². The summed E-state index contributed by atoms with van der Waals surface area (Å²) in [5, 5.41) is 2.68. The summed E-state index contributed by atoms with van der Waals surface area (Å²) < 4.78 is 59.2. The molecule has 0 radical (unpaired) electrons. The molecule has 26 heavy (non-hydrogen) atoms. The summed E-state index contributed by atoms with van der Waals surface area (Å²) in [5.74, 6) is 0. The molecule has 0 atom stereocenters. The molecule has 3 rings (SSSR count). The number of hydrogen-bond acceptors (Lipinski definition) is 0. The van der Waals surface area contributed by atoms with E-state index < -0.39 is 7.81 Å². The van der Waals surface area contributed by atoms with Gasteiger partial charge in [-0.15, -0.1) is 0 Å². The van der Waals surface area contributed by atoms with Gasteiger partial charge < -0.3 is 14.9 Å². The fraction of sp³-hybridized carbons (Fsp3) is 0.333. The Kier molecular flexibility index (Phi) is 12.1. The van der Waals surface area contributed by atoms with Gasteiger partial charge in [-0.1, -0.05) is 74.6 Å². The van der Waals surface area contributed by atoms with Crippen LogP contribution in [0.5, 0.6) is 0 Å². The maximum atomic E-state index is 9.87. The van der Waals surface area contributed by atoms with Gasteiger partial charge in [0, 0.05) is 0 Å². The van der Waals surface area contributed by atoms with Crippen molar-refractivity contribution < 1.29 is 42.3 Å². The van der Waals surface area contributed by atoms with Crippen molar-refractivity contribution in [2.75, 3.05) is 0 Å². The molecule has 0 unspecified atom stereocenters. The van der Waals surface area contributed by atoms with Crippen LogP contribution in [0.2, 0.25) is 0 Å². The van der Waals surface area contributed by atoms with Gasteiger partial charge in [0.25, 0.3) is 0 Å². The van der Waals surface area contributed by atoms with Crippen LogP contribution in [-0.2, 0) is 17.1 Å². The summed E-state index contributed by atoms with van der Waals surface area (Å²) in [6.45, 7) is 2.14. The number of fused-ring (bicyclic) bond motifs is 1. The topological polar surface area (TPSA) is 0 Å². The Bertz CT molecular complexity index is 612. The minimum Gasteiger partial charge on any atom is -0.358 e. The van der Waals surface area contributed by atoms with Crippen molar-refractivity contribution in [3.63, 3.8) is 0 Å². The van der Waals surface area contributed by atoms with Gasteiger partial charge in [0.15, 0.2) is 0 Å². The van der Waals surface area contributed by atoms with Crippen molar-refractivity contribution in [2.24, 2.45) is 0 Å². The molecule has 0 amide bonds. The molecule has 0 spiro atoms. The average Bonchev–Trinajstić information content (AvgIpc) is 2.95. The number of halogens is 6. The molecular weight excluding hydrogens is 417 g/mol. The molecule has 0 saturated heterocycles. The maximum Gasteiger partial charge on any atom is 2.00 e. The van der Waals surface area contributed by atoms with Gasteiger partial charge in [0.1, 0.15) is 0 Å². The Balaban J connectivity index is -0.000000311. The SMILES string of the molecule is C1CCCC1.Cc1cccc2ccccc12.F[P-](F)(F)(F)(F)F.[CH3-].[CH3-].[Fe+2]. The van der Waals surface area contributed by atoms with Gasteiger partial charge in [-0.25, -0.2) is 0 Å². The van der Waals surface area contributed by atoms with E-state index in [9.17, 15) is 25.2 Å². The van der Waals surface area contributed by atoms with Gasteiger partial charge in [-0.05, 0) is 23.3 Å². The Morgan fingerprint density at radius 1 is 0.654 bits per heavy atom. The Morgan fingerprint density at radius 2 is 1.00 bits per heavy atom. The van der Waals surface area contributed by atoms with Crippen molar-refractivity contribution in [3.05, 3.63) is 62.9 Å². The first-order chi connectivity index (χ1) is 10.3. The molecule has 8 heteroatoms. The van der Waals surface area contributed by atoms with Crippen LogP contribution in [0.25, 0.3) is 10.8 Å². The minimum atomic E-state index is -10.7. The molecule has 0 heterocycles. The van der Waals surface area contributed by atoms with Crippen molar-refractivity contribution in [2.45, 2.75) is 39.0 Å². The van der Waals surface area contributed by atoms with E-state index in [4.69, 9.17) is 0 Å². The first-order valence-electron chi connectivity index (χ1n) is 7.34. The molecule has 0 aliphatic heterocycles. The normalized spacial score (nSPS) is 15.2. The second kappa shape index (κ2) is 10.5. The van der Waals surface area contributed by atoms with Crippen molar-refractivity contribution >= 4 is 18.6 Å². The van der Waals surface area contributed by atoms with Crippen molar-refractivity contribution in [3.8, 4) is 0 Å². The van der Waals surface area contributed by atoms with Gasteiger partial charge in [0.05, 0.1) is 0 Å². The summed E-state index contributed by atoms with van der Waals surface area (Å²) >= 11 is 0. The molecule has 154 valence electrons. The van der Waals surface area contributed by atoms with E-state index in [0.717, 1.165) is 0 Å². The van der Waals surface area contributed by atoms with Gasteiger partial charge >= 0.3 is 50.1 Å². The molecule has 0 N–H and O–H groups in total. The third-order valence-electron chi connectivity index (χ3n) is 3.26. The summed E-state index contributed by atoms with van der Waals surface area (Å²) in [6, 6.07) is 14.8. The van der Waals surface area contributed by atoms with Crippen molar-refractivity contribution in [1.82, 2.24) is 0 Å². The number of hydrogen-bond donors (Lipinski definition) is 0. The molecule has 2 aromatic rings. The largest absolute Gasteiger partial charge is 2.00 e. The zero-order chi connectivity index (χ0) is 17.6. The smallest absolute Gasteiger partial charge is 0.358 e. The molecular formula is C18H26F6FeP-. The van der Waals surface area contributed by atoms with E-state index in [1.54, 1.807) is 0 Å². The van der Waals surface area contributed by atoms with Crippen LogP contribution in [0, 0.1) is 21.8 Å². The first kappa shape index (κ1) is 30.0. The van der Waals surface area contributed by atoms with E-state index >= 15 is 0 Å². The van der Waals surface area contributed by atoms with Crippen molar-refractivity contribution in [1.29, 1.82) is 0 Å². The Hall–Kier alpha value is -0.771. The maximum absolute atomic E-state index is 10.7. The second-order valence-corrected chi connectivity index (χ2v) is 7.44. The van der Waals surface area contributed by atoms with Crippen LogP contribution < -0.4 is 0 Å². The Labute approximate surface area is 163 Å². The van der Waals surface area contributed by atoms with E-state index in [1.165, 1.54) is 48.4 Å². The van der Waals surface area contributed by atoms with E-state index in [-0.39, 0.29) is 31.9 Å². The molecule has 1 fully saturated rings. The van der Waals surface area contributed by atoms with Crippen LogP contribution in [0.15, 0.2) is 42.5 Å². The second-order valence-electron chi connectivity index (χ2n) is 5.52. The molecule has 1 saturated carbocycles. The molecule has 2 aromatic carbocycles. The summed E-state index contributed by atoms with van der Waals surface area (Å²) in [7, 11) is -10.7. The van der Waals surface area contributed by atoms with E-state index in [0.29, 0.717) is 0 Å². The third-order valence-corrected chi connectivity index (χ3v) is 3.26. The molecule has 0 bridgehead atoms. The van der Waals surface area contributed by atoms with Crippen LogP contribution in [-0.4, -0.2) is 0 Å². The number of aryl methyl sites for hydroxylation is 1. The van der Waals surface area contributed by atoms with Gasteiger partial charge in [-0.3, -0.25) is 0 Å². The first-order valence-corrected chi connectivity index (χ1v) is 9.36. The summed E-state index contributed by atoms with van der Waals surface area (Å²) in [6.07, 6.45) is 7.50. The molecule has 1 aliphatic rings. The van der Waals surface area contributed by atoms with Gasteiger partial charge in [0.2, 0.25) is 0 Å². The molecule has 0 nitrogen and oxygen atoms in total. The van der Waals surface area contributed by atoms with Crippen LogP contribution >= 0.6 is 7.81 Å². The van der Waals surface area contributed by atoms with E-state index in [2.05, 4.69) is 49.4 Å². The predicted octanol–water partition coefficient (Wildman–Crippen LogP) is 9.38. The third kappa shape index (κ3) is 18.0. The zero-order valence-corrected chi connectivity index (χ0v) is 17.1. The van der Waals surface area contributed by atoms with Crippen LogP contribution in [0.3, 0.4) is 0 Å². The average molecular weight is 443 g/mol. The Morgan fingerprint density at radius 3 is 1.38 bits per heavy atom. The fourth-order valence-electron chi connectivity index (χ4n) is 2.27. The zero-order valence-electron chi connectivity index (χ0n) is 15.1. The summed E-state index contributed by atoms with van der Waals surface area (Å²) in [4.78, 5) is 0. The molecule has 0 aromatic heterocycles. The standard InChI is InChI=1S/C11H10.C5H10.2CH3.F6P.Fe/c1-9-5-4-7-10-6-2-3-8-11(9)10;1-2-4-5-3-1;;;1-7(2,3,4,5)6;/h2-8H,1H3;1-5H2;2*1H3;;/q;;3*-1;+2. The monoisotopic (exact) mass is 443 g/mol. The predicted molar refractivity (Wildman–Crippen MR) is 98.2 cm³/mol. The minimum absolute atomic E-state index is 0. The molecule has 1 aliphatic carbocycles.